The van der Waals surface area contributed by atoms with Crippen LogP contribution in [0.2, 0.25) is 0 Å². The van der Waals surface area contributed by atoms with Gasteiger partial charge in [0.15, 0.2) is 0 Å². The summed E-state index contributed by atoms with van der Waals surface area (Å²) in [5, 5.41) is 7.43. The molecule has 0 aliphatic carbocycles. The highest BCUT2D eigenvalue weighted by molar-refractivity contribution is 5.54. The maximum atomic E-state index is 11.3. The SMILES string of the molecule is Cn1cc(-c2c[nH]c(=O)[nH]c2=O)nn1. The van der Waals surface area contributed by atoms with Crippen molar-refractivity contribution in [2.45, 2.75) is 0 Å². The summed E-state index contributed by atoms with van der Waals surface area (Å²) in [5.74, 6) is 0. The van der Waals surface area contributed by atoms with Crippen LogP contribution in [0.1, 0.15) is 0 Å². The first-order valence-corrected chi connectivity index (χ1v) is 3.85. The molecule has 0 atom stereocenters. The standard InChI is InChI=1S/C7H7N5O2/c1-12-3-5(10-11-12)4-2-8-7(14)9-6(4)13/h2-3H,1H3,(H2,8,9,13,14). The molecule has 0 amide bonds. The Balaban J connectivity index is 2.63. The number of hydrogen-bond acceptors (Lipinski definition) is 4. The maximum Gasteiger partial charge on any atom is 0.325 e. The Hall–Kier alpha value is -2.18. The minimum atomic E-state index is -0.539. The van der Waals surface area contributed by atoms with E-state index in [2.05, 4.69) is 20.3 Å². The molecule has 7 nitrogen and oxygen atoms in total. The van der Waals surface area contributed by atoms with Gasteiger partial charge in [-0.3, -0.25) is 14.5 Å². The van der Waals surface area contributed by atoms with Crippen LogP contribution >= 0.6 is 0 Å². The van der Waals surface area contributed by atoms with Gasteiger partial charge in [0, 0.05) is 13.2 Å². The number of aromatic nitrogens is 5. The van der Waals surface area contributed by atoms with Crippen molar-refractivity contribution in [1.82, 2.24) is 25.0 Å². The molecule has 0 bridgehead atoms. The summed E-state index contributed by atoms with van der Waals surface area (Å²) in [7, 11) is 1.69. The number of H-pyrrole nitrogens is 2. The lowest BCUT2D eigenvalue weighted by Crippen LogP contribution is -2.22. The molecule has 0 radical (unpaired) electrons. The van der Waals surface area contributed by atoms with Gasteiger partial charge in [0.25, 0.3) is 5.56 Å². The van der Waals surface area contributed by atoms with Gasteiger partial charge >= 0.3 is 5.69 Å². The third-order valence-corrected chi connectivity index (χ3v) is 1.70. The van der Waals surface area contributed by atoms with E-state index in [0.29, 0.717) is 5.69 Å². The van der Waals surface area contributed by atoms with E-state index >= 15 is 0 Å². The Morgan fingerprint density at radius 2 is 2.21 bits per heavy atom. The van der Waals surface area contributed by atoms with Crippen LogP contribution in [0.25, 0.3) is 11.3 Å². The topological polar surface area (TPSA) is 96.4 Å². The van der Waals surface area contributed by atoms with Crippen molar-refractivity contribution in [2.75, 3.05) is 0 Å². The first kappa shape index (κ1) is 8.42. The second kappa shape index (κ2) is 2.95. The summed E-state index contributed by atoms with van der Waals surface area (Å²) in [4.78, 5) is 26.5. The minimum absolute atomic E-state index is 0.290. The molecule has 2 aromatic rings. The molecule has 2 heterocycles. The molecule has 7 heteroatoms. The first-order chi connectivity index (χ1) is 6.66. The van der Waals surface area contributed by atoms with Gasteiger partial charge in [-0.25, -0.2) is 4.79 Å². The van der Waals surface area contributed by atoms with E-state index in [1.54, 1.807) is 13.2 Å². The molecule has 0 aromatic carbocycles. The Labute approximate surface area is 77.4 Å². The third-order valence-electron chi connectivity index (χ3n) is 1.70. The molecule has 2 rings (SSSR count). The average molecular weight is 193 g/mol. The normalized spacial score (nSPS) is 10.4. The number of aryl methyl sites for hydroxylation is 1. The highest BCUT2D eigenvalue weighted by atomic mass is 16.2. The van der Waals surface area contributed by atoms with Crippen LogP contribution in [0.15, 0.2) is 22.0 Å². The van der Waals surface area contributed by atoms with E-state index in [1.165, 1.54) is 10.9 Å². The first-order valence-electron chi connectivity index (χ1n) is 3.85. The van der Waals surface area contributed by atoms with E-state index in [4.69, 9.17) is 0 Å². The van der Waals surface area contributed by atoms with E-state index in [-0.39, 0.29) is 5.56 Å². The minimum Gasteiger partial charge on any atom is -0.313 e. The monoisotopic (exact) mass is 193 g/mol. The predicted octanol–water partition coefficient (Wildman–Crippen LogP) is -1.14. The summed E-state index contributed by atoms with van der Waals surface area (Å²) in [6.45, 7) is 0. The largest absolute Gasteiger partial charge is 0.325 e. The van der Waals surface area contributed by atoms with Crippen LogP contribution in [0.5, 0.6) is 0 Å². The van der Waals surface area contributed by atoms with Crippen LogP contribution in [0.4, 0.5) is 0 Å². The molecular formula is C7H7N5O2. The number of aromatic amines is 2. The van der Waals surface area contributed by atoms with Gasteiger partial charge in [-0.15, -0.1) is 5.10 Å². The van der Waals surface area contributed by atoms with Gasteiger partial charge in [-0.2, -0.15) is 0 Å². The smallest absolute Gasteiger partial charge is 0.313 e. The van der Waals surface area contributed by atoms with Crippen molar-refractivity contribution >= 4 is 0 Å². The van der Waals surface area contributed by atoms with Gasteiger partial charge in [0.05, 0.1) is 11.8 Å². The molecule has 2 aromatic heterocycles. The molecule has 0 aliphatic heterocycles. The van der Waals surface area contributed by atoms with E-state index in [1.807, 2.05) is 0 Å². The number of nitrogens with zero attached hydrogens (tertiary/aromatic N) is 3. The van der Waals surface area contributed by atoms with E-state index in [9.17, 15) is 9.59 Å². The van der Waals surface area contributed by atoms with Crippen molar-refractivity contribution in [1.29, 1.82) is 0 Å². The van der Waals surface area contributed by atoms with Gasteiger partial charge in [-0.05, 0) is 0 Å². The fourth-order valence-corrected chi connectivity index (χ4v) is 1.07. The summed E-state index contributed by atoms with van der Waals surface area (Å²) < 4.78 is 1.47. The van der Waals surface area contributed by atoms with E-state index in [0.717, 1.165) is 0 Å². The van der Waals surface area contributed by atoms with Gasteiger partial charge < -0.3 is 4.98 Å². The van der Waals surface area contributed by atoms with Crippen LogP contribution < -0.4 is 11.2 Å². The van der Waals surface area contributed by atoms with E-state index < -0.39 is 11.2 Å². The van der Waals surface area contributed by atoms with Gasteiger partial charge in [0.1, 0.15) is 5.69 Å². The zero-order valence-electron chi connectivity index (χ0n) is 7.31. The second-order valence-corrected chi connectivity index (χ2v) is 2.76. The Morgan fingerprint density at radius 3 is 2.79 bits per heavy atom. The summed E-state index contributed by atoms with van der Waals surface area (Å²) in [6.07, 6.45) is 2.90. The van der Waals surface area contributed by atoms with Crippen LogP contribution in [0.3, 0.4) is 0 Å². The molecule has 0 aliphatic rings. The molecule has 0 saturated heterocycles. The van der Waals surface area contributed by atoms with Crippen LogP contribution in [-0.2, 0) is 7.05 Å². The summed E-state index contributed by atoms with van der Waals surface area (Å²) >= 11 is 0. The quantitative estimate of drug-likeness (QED) is 0.598. The highest BCUT2D eigenvalue weighted by Gasteiger charge is 2.06. The van der Waals surface area contributed by atoms with Crippen molar-refractivity contribution in [3.8, 4) is 11.3 Å². The fraction of sp³-hybridized carbons (Fsp3) is 0.143. The molecular weight excluding hydrogens is 186 g/mol. The summed E-state index contributed by atoms with van der Waals surface area (Å²) in [5.41, 5.74) is -0.306. The molecule has 2 N–H and O–H groups in total. The molecule has 0 fully saturated rings. The molecule has 0 spiro atoms. The highest BCUT2D eigenvalue weighted by Crippen LogP contribution is 2.06. The lowest BCUT2D eigenvalue weighted by molar-refractivity contribution is 0.715. The molecule has 14 heavy (non-hydrogen) atoms. The Bertz CT molecular complexity index is 564. The van der Waals surface area contributed by atoms with Crippen LogP contribution in [-0.4, -0.2) is 25.0 Å². The van der Waals surface area contributed by atoms with Crippen molar-refractivity contribution in [2.24, 2.45) is 7.05 Å². The number of hydrogen-bond donors (Lipinski definition) is 2. The Morgan fingerprint density at radius 1 is 1.43 bits per heavy atom. The van der Waals surface area contributed by atoms with Crippen LogP contribution in [0, 0.1) is 0 Å². The number of rotatable bonds is 1. The zero-order chi connectivity index (χ0) is 10.1. The van der Waals surface area contributed by atoms with Crippen molar-refractivity contribution in [3.05, 3.63) is 33.2 Å². The third kappa shape index (κ3) is 1.35. The Kier molecular flexibility index (Phi) is 1.77. The maximum absolute atomic E-state index is 11.3. The summed E-state index contributed by atoms with van der Waals surface area (Å²) in [6, 6.07) is 0. The molecule has 72 valence electrons. The zero-order valence-corrected chi connectivity index (χ0v) is 7.31. The predicted molar refractivity (Wildman–Crippen MR) is 47.7 cm³/mol. The molecule has 0 saturated carbocycles. The van der Waals surface area contributed by atoms with Crippen molar-refractivity contribution in [3.63, 3.8) is 0 Å². The van der Waals surface area contributed by atoms with Crippen molar-refractivity contribution < 1.29 is 0 Å². The lowest BCUT2D eigenvalue weighted by Gasteiger charge is -1.91. The second-order valence-electron chi connectivity index (χ2n) is 2.76. The van der Waals surface area contributed by atoms with Gasteiger partial charge in [0.2, 0.25) is 0 Å². The van der Waals surface area contributed by atoms with Gasteiger partial charge in [-0.1, -0.05) is 5.21 Å². The fourth-order valence-electron chi connectivity index (χ4n) is 1.07. The average Bonchev–Trinajstić information content (AvgIpc) is 2.51. The lowest BCUT2D eigenvalue weighted by atomic mass is 10.3. The number of nitrogens with one attached hydrogen (secondary N) is 2. The molecule has 0 unspecified atom stereocenters.